The number of rotatable bonds is 5. The Morgan fingerprint density at radius 2 is 2.41 bits per heavy atom. The van der Waals surface area contributed by atoms with Gasteiger partial charge >= 0.3 is 5.97 Å². The lowest BCUT2D eigenvalue weighted by Crippen LogP contribution is -2.20. The topological polar surface area (TPSA) is 105 Å². The first-order valence-electron chi connectivity index (χ1n) is 4.68. The molecular weight excluding hydrogens is 250 g/mol. The van der Waals surface area contributed by atoms with Crippen LogP contribution < -0.4 is 5.32 Å². The third-order valence-electron chi connectivity index (χ3n) is 2.03. The molecule has 0 spiro atoms. The van der Waals surface area contributed by atoms with Crippen molar-refractivity contribution in [1.82, 2.24) is 4.98 Å². The molecule has 1 rings (SSSR count). The predicted octanol–water partition coefficient (Wildman–Crippen LogP) is 1.78. The van der Waals surface area contributed by atoms with E-state index in [0.717, 1.165) is 12.3 Å². The molecule has 17 heavy (non-hydrogen) atoms. The van der Waals surface area contributed by atoms with E-state index in [9.17, 15) is 14.9 Å². The number of aromatic nitrogens is 1. The molecule has 0 aliphatic rings. The van der Waals surface area contributed by atoms with E-state index in [1.165, 1.54) is 6.92 Å². The second kappa shape index (κ2) is 5.44. The highest BCUT2D eigenvalue weighted by Gasteiger charge is 2.14. The quantitative estimate of drug-likeness (QED) is 0.617. The molecule has 0 aliphatic carbocycles. The van der Waals surface area contributed by atoms with Crippen LogP contribution >= 0.6 is 11.6 Å². The molecule has 1 atom stereocenters. The zero-order chi connectivity index (χ0) is 13.0. The smallest absolute Gasteiger partial charge is 0.308 e. The van der Waals surface area contributed by atoms with Gasteiger partial charge in [-0.3, -0.25) is 14.9 Å². The maximum absolute atomic E-state index is 10.6. The minimum absolute atomic E-state index is 0.0804. The zero-order valence-electron chi connectivity index (χ0n) is 8.88. The van der Waals surface area contributed by atoms with Crippen molar-refractivity contribution in [3.8, 4) is 0 Å². The molecule has 0 aliphatic heterocycles. The lowest BCUT2D eigenvalue weighted by atomic mass is 10.2. The van der Waals surface area contributed by atoms with Crippen LogP contribution in [0, 0.1) is 16.0 Å². The van der Waals surface area contributed by atoms with Crippen LogP contribution in [0.15, 0.2) is 12.3 Å². The summed E-state index contributed by atoms with van der Waals surface area (Å²) in [5.41, 5.74) is -0.216. The Bertz CT molecular complexity index is 452. The molecule has 0 radical (unpaired) electrons. The summed E-state index contributed by atoms with van der Waals surface area (Å²) in [5.74, 6) is -1.33. The Labute approximate surface area is 102 Å². The van der Waals surface area contributed by atoms with E-state index in [0.29, 0.717) is 0 Å². The second-order valence-corrected chi connectivity index (χ2v) is 3.81. The maximum atomic E-state index is 10.6. The van der Waals surface area contributed by atoms with Gasteiger partial charge < -0.3 is 10.4 Å². The number of hydrogen-bond acceptors (Lipinski definition) is 5. The maximum Gasteiger partial charge on any atom is 0.308 e. The van der Waals surface area contributed by atoms with Gasteiger partial charge in [-0.1, -0.05) is 18.5 Å². The van der Waals surface area contributed by atoms with Crippen LogP contribution in [0.4, 0.5) is 11.5 Å². The molecule has 0 aromatic carbocycles. The van der Waals surface area contributed by atoms with Gasteiger partial charge in [-0.15, -0.1) is 0 Å². The summed E-state index contributed by atoms with van der Waals surface area (Å²) in [6, 6.07) is 1.16. The first kappa shape index (κ1) is 13.2. The molecule has 1 aromatic heterocycles. The normalized spacial score (nSPS) is 11.9. The van der Waals surface area contributed by atoms with E-state index in [1.807, 2.05) is 0 Å². The number of carboxylic acids is 1. The number of nitrogens with one attached hydrogen (secondary N) is 1. The molecule has 92 valence electrons. The number of nitro groups is 1. The number of carbonyl (C=O) groups is 1. The molecular formula is C9H10ClN3O4. The number of pyridine rings is 1. The molecule has 0 saturated heterocycles. The zero-order valence-corrected chi connectivity index (χ0v) is 9.64. The van der Waals surface area contributed by atoms with Gasteiger partial charge in [0.15, 0.2) is 0 Å². The van der Waals surface area contributed by atoms with Gasteiger partial charge in [-0.05, 0) is 0 Å². The van der Waals surface area contributed by atoms with E-state index in [2.05, 4.69) is 10.3 Å². The van der Waals surface area contributed by atoms with E-state index in [1.54, 1.807) is 0 Å². The standard InChI is InChI=1S/C9H10ClN3O4/c1-5(9(14)15)3-11-8-7(10)2-6(4-12-8)13(16)17/h2,4-5H,3H2,1H3,(H,11,12)(H,14,15). The molecule has 1 aromatic rings. The first-order valence-corrected chi connectivity index (χ1v) is 5.06. The summed E-state index contributed by atoms with van der Waals surface area (Å²) in [5, 5.41) is 21.9. The second-order valence-electron chi connectivity index (χ2n) is 3.40. The summed E-state index contributed by atoms with van der Waals surface area (Å²) in [4.78, 5) is 24.1. The molecule has 2 N–H and O–H groups in total. The van der Waals surface area contributed by atoms with Crippen LogP contribution in [-0.2, 0) is 4.79 Å². The van der Waals surface area contributed by atoms with Gasteiger partial charge in [0.1, 0.15) is 12.0 Å². The fourth-order valence-electron chi connectivity index (χ4n) is 0.995. The van der Waals surface area contributed by atoms with E-state index >= 15 is 0 Å². The summed E-state index contributed by atoms with van der Waals surface area (Å²) < 4.78 is 0. The molecule has 7 nitrogen and oxygen atoms in total. The molecule has 1 unspecified atom stereocenters. The van der Waals surface area contributed by atoms with Crippen LogP contribution in [0.5, 0.6) is 0 Å². The van der Waals surface area contributed by atoms with Crippen LogP contribution in [0.3, 0.4) is 0 Å². The van der Waals surface area contributed by atoms with Crippen LogP contribution in [-0.4, -0.2) is 27.5 Å². The van der Waals surface area contributed by atoms with Gasteiger partial charge in [-0.25, -0.2) is 4.98 Å². The molecule has 8 heteroatoms. The van der Waals surface area contributed by atoms with Crippen molar-refractivity contribution in [2.75, 3.05) is 11.9 Å². The summed E-state index contributed by atoms with van der Waals surface area (Å²) in [6.07, 6.45) is 1.06. The Balaban J connectivity index is 2.73. The Morgan fingerprint density at radius 1 is 1.76 bits per heavy atom. The molecule has 0 amide bonds. The van der Waals surface area contributed by atoms with Crippen molar-refractivity contribution >= 4 is 29.1 Å². The van der Waals surface area contributed by atoms with Crippen molar-refractivity contribution in [1.29, 1.82) is 0 Å². The van der Waals surface area contributed by atoms with Gasteiger partial charge in [0.2, 0.25) is 0 Å². The molecule has 0 fully saturated rings. The Kier molecular flexibility index (Phi) is 4.22. The molecule has 1 heterocycles. The molecule has 0 bridgehead atoms. The van der Waals surface area contributed by atoms with E-state index in [4.69, 9.17) is 16.7 Å². The minimum Gasteiger partial charge on any atom is -0.481 e. The Hall–Kier alpha value is -1.89. The van der Waals surface area contributed by atoms with Crippen LogP contribution in [0.25, 0.3) is 0 Å². The SMILES string of the molecule is CC(CNc1ncc([N+](=O)[O-])cc1Cl)C(=O)O. The van der Waals surface area contributed by atoms with Gasteiger partial charge in [0.25, 0.3) is 5.69 Å². The lowest BCUT2D eigenvalue weighted by Gasteiger charge is -2.09. The van der Waals surface area contributed by atoms with Crippen LogP contribution in [0.2, 0.25) is 5.02 Å². The summed E-state index contributed by atoms with van der Waals surface area (Å²) >= 11 is 5.76. The number of anilines is 1. The monoisotopic (exact) mass is 259 g/mol. The lowest BCUT2D eigenvalue weighted by molar-refractivity contribution is -0.385. The van der Waals surface area contributed by atoms with Crippen molar-refractivity contribution < 1.29 is 14.8 Å². The number of carboxylic acid groups (broad SMARTS) is 1. The number of halogens is 1. The third-order valence-corrected chi connectivity index (χ3v) is 2.32. The van der Waals surface area contributed by atoms with Gasteiger partial charge in [-0.2, -0.15) is 0 Å². The summed E-state index contributed by atoms with van der Waals surface area (Å²) in [7, 11) is 0. The van der Waals surface area contributed by atoms with Crippen molar-refractivity contribution in [2.45, 2.75) is 6.92 Å². The highest BCUT2D eigenvalue weighted by Crippen LogP contribution is 2.23. The average molecular weight is 260 g/mol. The number of aliphatic carboxylic acids is 1. The van der Waals surface area contributed by atoms with E-state index in [-0.39, 0.29) is 23.1 Å². The largest absolute Gasteiger partial charge is 0.481 e. The third kappa shape index (κ3) is 3.56. The van der Waals surface area contributed by atoms with Crippen molar-refractivity contribution in [3.05, 3.63) is 27.4 Å². The van der Waals surface area contributed by atoms with E-state index < -0.39 is 16.8 Å². The highest BCUT2D eigenvalue weighted by atomic mass is 35.5. The first-order chi connectivity index (χ1) is 7.91. The number of hydrogen-bond donors (Lipinski definition) is 2. The van der Waals surface area contributed by atoms with Crippen molar-refractivity contribution in [3.63, 3.8) is 0 Å². The predicted molar refractivity (Wildman–Crippen MR) is 61.2 cm³/mol. The Morgan fingerprint density at radius 3 is 2.88 bits per heavy atom. The fourth-order valence-corrected chi connectivity index (χ4v) is 1.22. The molecule has 0 saturated carbocycles. The average Bonchev–Trinajstić information content (AvgIpc) is 2.26. The fraction of sp³-hybridized carbons (Fsp3) is 0.333. The van der Waals surface area contributed by atoms with Gasteiger partial charge in [0.05, 0.1) is 15.9 Å². The van der Waals surface area contributed by atoms with Gasteiger partial charge in [0, 0.05) is 12.6 Å². The van der Waals surface area contributed by atoms with Crippen molar-refractivity contribution in [2.24, 2.45) is 5.92 Å². The summed E-state index contributed by atoms with van der Waals surface area (Å²) in [6.45, 7) is 1.66. The number of nitrogens with zero attached hydrogens (tertiary/aromatic N) is 2. The highest BCUT2D eigenvalue weighted by molar-refractivity contribution is 6.33. The minimum atomic E-state index is -0.949. The van der Waals surface area contributed by atoms with Crippen LogP contribution in [0.1, 0.15) is 6.92 Å².